The minimum Gasteiger partial charge on any atom is -0.339 e. The van der Waals surface area contributed by atoms with Crippen LogP contribution in [0.25, 0.3) is 0 Å². The van der Waals surface area contributed by atoms with Gasteiger partial charge in [0.2, 0.25) is 5.89 Å². The van der Waals surface area contributed by atoms with E-state index in [1.807, 2.05) is 0 Å². The maximum absolute atomic E-state index is 11.8. The third-order valence-corrected chi connectivity index (χ3v) is 1.27. The van der Waals surface area contributed by atoms with E-state index < -0.39 is 18.4 Å². The summed E-state index contributed by atoms with van der Waals surface area (Å²) in [4.78, 5) is 14.0. The van der Waals surface area contributed by atoms with Gasteiger partial charge in [-0.3, -0.25) is 4.79 Å². The van der Waals surface area contributed by atoms with Gasteiger partial charge >= 0.3 is 6.18 Å². The van der Waals surface area contributed by atoms with E-state index in [1.54, 1.807) is 0 Å². The van der Waals surface area contributed by atoms with Gasteiger partial charge in [0, 0.05) is 0 Å². The summed E-state index contributed by atoms with van der Waals surface area (Å²) in [5.74, 6) is -0.780. The second-order valence-electron chi connectivity index (χ2n) is 2.78. The molecule has 1 aromatic rings. The number of halogens is 3. The average molecular weight is 208 g/mol. The molecule has 78 valence electrons. The van der Waals surface area contributed by atoms with Crippen molar-refractivity contribution in [3.63, 3.8) is 0 Å². The number of carbonyl (C=O) groups is 1. The standard InChI is InChI=1S/C7H7F3N2O2/c1-4(13)2-6-11-5(12-14-6)3-7(8,9)10/h2-3H2,1H3. The van der Waals surface area contributed by atoms with E-state index in [-0.39, 0.29) is 18.1 Å². The van der Waals surface area contributed by atoms with Crippen LogP contribution in [0.15, 0.2) is 4.52 Å². The normalized spacial score (nSPS) is 11.7. The van der Waals surface area contributed by atoms with Crippen LogP contribution in [-0.4, -0.2) is 22.1 Å². The van der Waals surface area contributed by atoms with Gasteiger partial charge in [-0.05, 0) is 6.92 Å². The zero-order valence-electron chi connectivity index (χ0n) is 7.26. The van der Waals surface area contributed by atoms with Gasteiger partial charge < -0.3 is 4.52 Å². The Morgan fingerprint density at radius 1 is 1.50 bits per heavy atom. The number of hydrogen-bond donors (Lipinski definition) is 0. The fourth-order valence-electron chi connectivity index (χ4n) is 0.826. The zero-order chi connectivity index (χ0) is 10.8. The number of nitrogens with zero attached hydrogens (tertiary/aromatic N) is 2. The fraction of sp³-hybridized carbons (Fsp3) is 0.571. The second-order valence-corrected chi connectivity index (χ2v) is 2.78. The Morgan fingerprint density at radius 3 is 2.64 bits per heavy atom. The first-order valence-electron chi connectivity index (χ1n) is 3.74. The minimum atomic E-state index is -4.36. The molecule has 1 heterocycles. The van der Waals surface area contributed by atoms with Crippen molar-refractivity contribution in [3.8, 4) is 0 Å². The van der Waals surface area contributed by atoms with Crippen LogP contribution in [-0.2, 0) is 17.6 Å². The monoisotopic (exact) mass is 208 g/mol. The highest BCUT2D eigenvalue weighted by atomic mass is 19.4. The Hall–Kier alpha value is -1.40. The molecule has 0 unspecified atom stereocenters. The molecule has 0 N–H and O–H groups in total. The van der Waals surface area contributed by atoms with Crippen LogP contribution < -0.4 is 0 Å². The summed E-state index contributed by atoms with van der Waals surface area (Å²) in [6.45, 7) is 1.29. The van der Waals surface area contributed by atoms with E-state index in [2.05, 4.69) is 14.7 Å². The maximum atomic E-state index is 11.8. The van der Waals surface area contributed by atoms with Crippen LogP contribution in [0, 0.1) is 0 Å². The summed E-state index contributed by atoms with van der Waals surface area (Å²) in [6.07, 6.45) is -5.74. The van der Waals surface area contributed by atoms with Crippen LogP contribution >= 0.6 is 0 Å². The first-order chi connectivity index (χ1) is 6.37. The lowest BCUT2D eigenvalue weighted by Crippen LogP contribution is -2.12. The number of ketones is 1. The second kappa shape index (κ2) is 3.77. The molecular formula is C7H7F3N2O2. The van der Waals surface area contributed by atoms with Crippen molar-refractivity contribution in [3.05, 3.63) is 11.7 Å². The number of rotatable bonds is 3. The molecule has 0 spiro atoms. The number of hydrogen-bond acceptors (Lipinski definition) is 4. The highest BCUT2D eigenvalue weighted by Gasteiger charge is 2.30. The van der Waals surface area contributed by atoms with Crippen molar-refractivity contribution in [2.75, 3.05) is 0 Å². The largest absolute Gasteiger partial charge is 0.396 e. The third kappa shape index (κ3) is 3.55. The smallest absolute Gasteiger partial charge is 0.339 e. The molecule has 0 radical (unpaired) electrons. The van der Waals surface area contributed by atoms with E-state index >= 15 is 0 Å². The summed E-state index contributed by atoms with van der Waals surface area (Å²) in [7, 11) is 0. The topological polar surface area (TPSA) is 56.0 Å². The molecule has 0 saturated carbocycles. The van der Waals surface area contributed by atoms with Crippen molar-refractivity contribution >= 4 is 5.78 Å². The van der Waals surface area contributed by atoms with Crippen LogP contribution in [0.5, 0.6) is 0 Å². The summed E-state index contributed by atoms with van der Waals surface area (Å²) in [5, 5.41) is 3.10. The Kier molecular flexibility index (Phi) is 2.87. The summed E-state index contributed by atoms with van der Waals surface area (Å²) >= 11 is 0. The van der Waals surface area contributed by atoms with Crippen LogP contribution in [0.4, 0.5) is 13.2 Å². The number of carbonyl (C=O) groups excluding carboxylic acids is 1. The van der Waals surface area contributed by atoms with Gasteiger partial charge in [0.25, 0.3) is 0 Å². The molecule has 0 fully saturated rings. The van der Waals surface area contributed by atoms with Crippen molar-refractivity contribution in [1.82, 2.24) is 10.1 Å². The first kappa shape index (κ1) is 10.7. The molecule has 0 aromatic carbocycles. The third-order valence-electron chi connectivity index (χ3n) is 1.27. The molecule has 0 aliphatic heterocycles. The molecular weight excluding hydrogens is 201 g/mol. The fourth-order valence-corrected chi connectivity index (χ4v) is 0.826. The molecule has 0 bridgehead atoms. The number of aromatic nitrogens is 2. The maximum Gasteiger partial charge on any atom is 0.396 e. The lowest BCUT2D eigenvalue weighted by Gasteiger charge is -1.99. The molecule has 4 nitrogen and oxygen atoms in total. The van der Waals surface area contributed by atoms with Crippen LogP contribution in [0.2, 0.25) is 0 Å². The lowest BCUT2D eigenvalue weighted by atomic mass is 10.3. The van der Waals surface area contributed by atoms with Gasteiger partial charge in [-0.1, -0.05) is 5.16 Å². The number of alkyl halides is 3. The molecule has 0 aliphatic rings. The number of Topliss-reactive ketones (excluding diaryl/α,β-unsaturated/α-hetero) is 1. The molecule has 0 amide bonds. The predicted molar refractivity (Wildman–Crippen MR) is 38.4 cm³/mol. The van der Waals surface area contributed by atoms with Gasteiger partial charge in [0.15, 0.2) is 5.82 Å². The molecule has 1 aromatic heterocycles. The molecule has 0 atom stereocenters. The summed E-state index contributed by atoms with van der Waals surface area (Å²) in [5.41, 5.74) is 0. The first-order valence-corrected chi connectivity index (χ1v) is 3.74. The molecule has 0 aliphatic carbocycles. The van der Waals surface area contributed by atoms with E-state index in [1.165, 1.54) is 6.92 Å². The van der Waals surface area contributed by atoms with E-state index in [9.17, 15) is 18.0 Å². The Labute approximate surface area is 77.1 Å². The molecule has 0 saturated heterocycles. The van der Waals surface area contributed by atoms with Gasteiger partial charge in [0.1, 0.15) is 12.2 Å². The minimum absolute atomic E-state index is 0.0863. The predicted octanol–water partition coefficient (Wildman–Crippen LogP) is 1.31. The van der Waals surface area contributed by atoms with Crippen molar-refractivity contribution < 1.29 is 22.5 Å². The Balaban J connectivity index is 2.64. The van der Waals surface area contributed by atoms with Gasteiger partial charge in [-0.15, -0.1) is 0 Å². The van der Waals surface area contributed by atoms with Gasteiger partial charge in [0.05, 0.1) is 6.42 Å². The Morgan fingerprint density at radius 2 is 2.14 bits per heavy atom. The average Bonchev–Trinajstić information content (AvgIpc) is 2.30. The van der Waals surface area contributed by atoms with E-state index in [0.29, 0.717) is 0 Å². The molecule has 14 heavy (non-hydrogen) atoms. The van der Waals surface area contributed by atoms with Gasteiger partial charge in [-0.2, -0.15) is 18.2 Å². The van der Waals surface area contributed by atoms with Crippen molar-refractivity contribution in [2.24, 2.45) is 0 Å². The lowest BCUT2D eigenvalue weighted by molar-refractivity contribution is -0.128. The van der Waals surface area contributed by atoms with Gasteiger partial charge in [-0.25, -0.2) is 0 Å². The van der Waals surface area contributed by atoms with Crippen molar-refractivity contribution in [2.45, 2.75) is 25.9 Å². The quantitative estimate of drug-likeness (QED) is 0.751. The molecule has 1 rings (SSSR count). The summed E-state index contributed by atoms with van der Waals surface area (Å²) < 4.78 is 39.9. The highest BCUT2D eigenvalue weighted by Crippen LogP contribution is 2.19. The zero-order valence-corrected chi connectivity index (χ0v) is 7.26. The van der Waals surface area contributed by atoms with E-state index in [4.69, 9.17) is 0 Å². The SMILES string of the molecule is CC(=O)Cc1nc(CC(F)(F)F)no1. The summed E-state index contributed by atoms with van der Waals surface area (Å²) in [6, 6.07) is 0. The van der Waals surface area contributed by atoms with Crippen LogP contribution in [0.3, 0.4) is 0 Å². The van der Waals surface area contributed by atoms with Crippen LogP contribution in [0.1, 0.15) is 18.6 Å². The van der Waals surface area contributed by atoms with E-state index in [0.717, 1.165) is 0 Å². The van der Waals surface area contributed by atoms with Crippen molar-refractivity contribution in [1.29, 1.82) is 0 Å². The highest BCUT2D eigenvalue weighted by molar-refractivity contribution is 5.77. The molecule has 7 heteroatoms. The Bertz CT molecular complexity index is 332.